The number of benzene rings is 9. The van der Waals surface area contributed by atoms with Crippen molar-refractivity contribution < 1.29 is 8.83 Å². The Morgan fingerprint density at radius 3 is 1.77 bits per heavy atom. The second-order valence-corrected chi connectivity index (χ2v) is 15.5. The van der Waals surface area contributed by atoms with Gasteiger partial charge in [0.25, 0.3) is 0 Å². The molecule has 6 heteroatoms. The summed E-state index contributed by atoms with van der Waals surface area (Å²) in [6, 6.07) is 67.4. The molecule has 0 atom stereocenters. The fourth-order valence-electron chi connectivity index (χ4n) is 9.23. The Balaban J connectivity index is 1.09. The van der Waals surface area contributed by atoms with E-state index in [4.69, 9.17) is 23.8 Å². The third-order valence-electron chi connectivity index (χ3n) is 12.0. The van der Waals surface area contributed by atoms with Crippen molar-refractivity contribution in [2.75, 3.05) is 0 Å². The Hall–Kier alpha value is -8.35. The van der Waals surface area contributed by atoms with Crippen LogP contribution in [0.5, 0.6) is 0 Å². The van der Waals surface area contributed by atoms with E-state index in [0.717, 1.165) is 82.8 Å². The van der Waals surface area contributed by atoms with Gasteiger partial charge in [0.1, 0.15) is 22.3 Å². The minimum Gasteiger partial charge on any atom is -0.455 e. The van der Waals surface area contributed by atoms with Crippen LogP contribution in [0.3, 0.4) is 0 Å². The van der Waals surface area contributed by atoms with Crippen molar-refractivity contribution in [1.82, 2.24) is 19.5 Å². The molecule has 0 aliphatic rings. The maximum atomic E-state index is 6.92. The molecule has 0 spiro atoms. The van der Waals surface area contributed by atoms with Crippen molar-refractivity contribution in [3.8, 4) is 51.0 Å². The van der Waals surface area contributed by atoms with E-state index in [1.807, 2.05) is 48.5 Å². The van der Waals surface area contributed by atoms with Crippen LogP contribution in [0, 0.1) is 0 Å². The highest BCUT2D eigenvalue weighted by Crippen LogP contribution is 2.43. The molecule has 0 aliphatic heterocycles. The third-order valence-corrected chi connectivity index (χ3v) is 12.0. The molecular weight excluding hydrogens is 749 g/mol. The number of furan rings is 2. The monoisotopic (exact) mass is 780 g/mol. The lowest BCUT2D eigenvalue weighted by Gasteiger charge is -2.13. The summed E-state index contributed by atoms with van der Waals surface area (Å²) >= 11 is 0. The maximum absolute atomic E-state index is 6.92. The van der Waals surface area contributed by atoms with Gasteiger partial charge < -0.3 is 13.4 Å². The molecular formula is C55H32N4O2. The molecule has 4 aromatic heterocycles. The van der Waals surface area contributed by atoms with E-state index in [2.05, 4.69) is 150 Å². The van der Waals surface area contributed by atoms with Crippen LogP contribution in [0.2, 0.25) is 0 Å². The Morgan fingerprint density at radius 2 is 0.934 bits per heavy atom. The zero-order chi connectivity index (χ0) is 40.0. The maximum Gasteiger partial charge on any atom is 0.167 e. The van der Waals surface area contributed by atoms with E-state index in [9.17, 15) is 0 Å². The molecule has 13 aromatic rings. The van der Waals surface area contributed by atoms with Gasteiger partial charge in [0.2, 0.25) is 0 Å². The van der Waals surface area contributed by atoms with Crippen molar-refractivity contribution >= 4 is 76.5 Å². The molecule has 0 fully saturated rings. The van der Waals surface area contributed by atoms with Gasteiger partial charge in [0.15, 0.2) is 17.5 Å². The highest BCUT2D eigenvalue weighted by atomic mass is 16.3. The van der Waals surface area contributed by atoms with Crippen molar-refractivity contribution in [3.05, 3.63) is 194 Å². The van der Waals surface area contributed by atoms with Crippen LogP contribution in [-0.4, -0.2) is 19.5 Å². The first-order chi connectivity index (χ1) is 30.2. The molecule has 13 rings (SSSR count). The summed E-state index contributed by atoms with van der Waals surface area (Å²) in [4.78, 5) is 15.8. The van der Waals surface area contributed by atoms with Crippen LogP contribution in [0.25, 0.3) is 127 Å². The minimum absolute atomic E-state index is 0.502. The molecule has 0 amide bonds. The summed E-state index contributed by atoms with van der Waals surface area (Å²) in [5, 5.41) is 8.83. The lowest BCUT2D eigenvalue weighted by atomic mass is 10.0. The van der Waals surface area contributed by atoms with Gasteiger partial charge in [-0.25, -0.2) is 15.0 Å². The van der Waals surface area contributed by atoms with Gasteiger partial charge in [0.05, 0.1) is 33.2 Å². The van der Waals surface area contributed by atoms with E-state index in [1.165, 1.54) is 21.5 Å². The zero-order valence-electron chi connectivity index (χ0n) is 32.6. The molecule has 0 saturated heterocycles. The second-order valence-electron chi connectivity index (χ2n) is 15.5. The lowest BCUT2D eigenvalue weighted by molar-refractivity contribution is 0.669. The Labute approximate surface area is 348 Å². The van der Waals surface area contributed by atoms with Crippen LogP contribution in [0.4, 0.5) is 0 Å². The van der Waals surface area contributed by atoms with E-state index < -0.39 is 0 Å². The Morgan fingerprint density at radius 1 is 0.344 bits per heavy atom. The van der Waals surface area contributed by atoms with Crippen molar-refractivity contribution in [2.45, 2.75) is 0 Å². The van der Waals surface area contributed by atoms with E-state index in [1.54, 1.807) is 0 Å². The molecule has 0 saturated carbocycles. The van der Waals surface area contributed by atoms with Crippen molar-refractivity contribution in [1.29, 1.82) is 0 Å². The van der Waals surface area contributed by atoms with Crippen LogP contribution in [-0.2, 0) is 0 Å². The number of nitrogens with zero attached hydrogens (tertiary/aromatic N) is 4. The fraction of sp³-hybridized carbons (Fsp3) is 0. The van der Waals surface area contributed by atoms with Crippen molar-refractivity contribution in [3.63, 3.8) is 0 Å². The highest BCUT2D eigenvalue weighted by molar-refractivity contribution is 6.18. The smallest absolute Gasteiger partial charge is 0.167 e. The number of hydrogen-bond donors (Lipinski definition) is 0. The van der Waals surface area contributed by atoms with Gasteiger partial charge in [-0.3, -0.25) is 0 Å². The molecule has 0 aliphatic carbocycles. The minimum atomic E-state index is 0.502. The average Bonchev–Trinajstić information content (AvgIpc) is 4.01. The topological polar surface area (TPSA) is 69.9 Å². The van der Waals surface area contributed by atoms with Crippen molar-refractivity contribution in [2.24, 2.45) is 0 Å². The Kier molecular flexibility index (Phi) is 7.21. The van der Waals surface area contributed by atoms with Gasteiger partial charge in [-0.05, 0) is 76.5 Å². The summed E-state index contributed by atoms with van der Waals surface area (Å²) in [6.07, 6.45) is 0. The molecule has 4 heterocycles. The molecule has 6 nitrogen and oxygen atoms in total. The molecule has 61 heavy (non-hydrogen) atoms. The average molecular weight is 781 g/mol. The normalized spacial score (nSPS) is 11.9. The molecule has 0 N–H and O–H groups in total. The summed E-state index contributed by atoms with van der Waals surface area (Å²) in [7, 11) is 0. The van der Waals surface area contributed by atoms with Crippen LogP contribution < -0.4 is 0 Å². The number of para-hydroxylation sites is 4. The van der Waals surface area contributed by atoms with E-state index in [0.29, 0.717) is 23.1 Å². The summed E-state index contributed by atoms with van der Waals surface area (Å²) < 4.78 is 15.8. The summed E-state index contributed by atoms with van der Waals surface area (Å²) in [5.41, 5.74) is 10.9. The van der Waals surface area contributed by atoms with Crippen LogP contribution >= 0.6 is 0 Å². The first-order valence-electron chi connectivity index (χ1n) is 20.4. The zero-order valence-corrected chi connectivity index (χ0v) is 32.6. The Bertz CT molecular complexity index is 3900. The van der Waals surface area contributed by atoms with Gasteiger partial charge in [0, 0.05) is 32.5 Å². The summed E-state index contributed by atoms with van der Waals surface area (Å²) in [5.74, 6) is 1.56. The first kappa shape index (κ1) is 33.6. The first-order valence-corrected chi connectivity index (χ1v) is 20.4. The van der Waals surface area contributed by atoms with Gasteiger partial charge in [-0.2, -0.15) is 0 Å². The van der Waals surface area contributed by atoms with Crippen LogP contribution in [0.1, 0.15) is 0 Å². The van der Waals surface area contributed by atoms with Crippen LogP contribution in [0.15, 0.2) is 203 Å². The number of hydrogen-bond acceptors (Lipinski definition) is 5. The van der Waals surface area contributed by atoms with Gasteiger partial charge in [-0.1, -0.05) is 140 Å². The standard InChI is InChI=1S/C55H32N4O2/c1-2-14-33(15-3-1)34-18-12-19-37(30-34)53-56-54(42-24-13-23-40-39-21-7-10-26-48(39)60-51(40)42)58-55(57-53)43-28-29-46(50-41-22-8-11-27-49(41)61-52(43)50)59-45-25-9-6-20-38(45)44-31-35-16-4-5-17-36(35)32-47(44)59/h1-32H. The lowest BCUT2D eigenvalue weighted by Crippen LogP contribution is -2.01. The largest absolute Gasteiger partial charge is 0.455 e. The third kappa shape index (κ3) is 5.19. The second kappa shape index (κ2) is 13.1. The molecule has 0 radical (unpaired) electrons. The number of aromatic nitrogens is 4. The highest BCUT2D eigenvalue weighted by Gasteiger charge is 2.24. The molecule has 0 unspecified atom stereocenters. The quantitative estimate of drug-likeness (QED) is 0.174. The molecule has 0 bridgehead atoms. The van der Waals surface area contributed by atoms with E-state index >= 15 is 0 Å². The van der Waals surface area contributed by atoms with E-state index in [-0.39, 0.29) is 0 Å². The fourth-order valence-corrected chi connectivity index (χ4v) is 9.23. The molecule has 9 aromatic carbocycles. The summed E-state index contributed by atoms with van der Waals surface area (Å²) in [6.45, 7) is 0. The SMILES string of the molecule is c1ccc(-c2cccc(-c3nc(-c4cccc5c4oc4ccccc45)nc(-c4ccc(-n5c6ccccc6c6cc7ccccc7cc65)c5c4oc4ccccc45)n3)c2)cc1. The molecule has 284 valence electrons. The van der Waals surface area contributed by atoms with Gasteiger partial charge in [-0.15, -0.1) is 0 Å². The number of rotatable bonds is 5. The predicted molar refractivity (Wildman–Crippen MR) is 248 cm³/mol. The van der Waals surface area contributed by atoms with Gasteiger partial charge >= 0.3 is 0 Å². The number of fused-ring (bicyclic) bond motifs is 10. The predicted octanol–water partition coefficient (Wildman–Crippen LogP) is 14.6.